The summed E-state index contributed by atoms with van der Waals surface area (Å²) in [6.45, 7) is 4.77. The third-order valence-corrected chi connectivity index (χ3v) is 2.65. The van der Waals surface area contributed by atoms with Gasteiger partial charge in [-0.05, 0) is 18.8 Å². The van der Waals surface area contributed by atoms with Gasteiger partial charge in [-0.3, -0.25) is 9.59 Å². The molecule has 0 aromatic rings. The fraction of sp³-hybridized carbons (Fsp3) is 0.818. The summed E-state index contributed by atoms with van der Waals surface area (Å²) in [6, 6.07) is 0. The highest BCUT2D eigenvalue weighted by atomic mass is 16.2. The van der Waals surface area contributed by atoms with Gasteiger partial charge in [0.1, 0.15) is 0 Å². The van der Waals surface area contributed by atoms with Crippen LogP contribution in [-0.4, -0.2) is 42.4 Å². The molecule has 0 saturated heterocycles. The molecule has 0 aliphatic heterocycles. The first-order chi connectivity index (χ1) is 7.35. The minimum atomic E-state index is -0.687. The highest BCUT2D eigenvalue weighted by Gasteiger charge is 2.47. The van der Waals surface area contributed by atoms with E-state index in [0.717, 1.165) is 12.8 Å². The summed E-state index contributed by atoms with van der Waals surface area (Å²) in [4.78, 5) is 24.6. The number of likely N-dealkylation sites (N-methyl/N-ethyl adjacent to an activating group) is 1. The number of carbonyl (C=O) groups is 2. The third kappa shape index (κ3) is 3.48. The van der Waals surface area contributed by atoms with Crippen molar-refractivity contribution in [1.82, 2.24) is 10.2 Å². The Balaban J connectivity index is 2.30. The number of rotatable bonds is 5. The van der Waals surface area contributed by atoms with E-state index in [1.807, 2.05) is 13.8 Å². The molecule has 3 N–H and O–H groups in total. The van der Waals surface area contributed by atoms with Crippen molar-refractivity contribution in [3.8, 4) is 0 Å². The molecule has 0 unspecified atom stereocenters. The first-order valence-electron chi connectivity index (χ1n) is 5.66. The summed E-state index contributed by atoms with van der Waals surface area (Å²) >= 11 is 0. The summed E-state index contributed by atoms with van der Waals surface area (Å²) in [6.07, 6.45) is 1.45. The van der Waals surface area contributed by atoms with Crippen LogP contribution >= 0.6 is 0 Å². The summed E-state index contributed by atoms with van der Waals surface area (Å²) in [5, 5.41) is 2.77. The number of hydrogen-bond acceptors (Lipinski definition) is 3. The third-order valence-electron chi connectivity index (χ3n) is 2.65. The van der Waals surface area contributed by atoms with E-state index in [9.17, 15) is 9.59 Å². The first-order valence-corrected chi connectivity index (χ1v) is 5.66. The summed E-state index contributed by atoms with van der Waals surface area (Å²) in [7, 11) is 1.62. The zero-order valence-corrected chi connectivity index (χ0v) is 10.2. The minimum absolute atomic E-state index is 0.0878. The Morgan fingerprint density at radius 3 is 2.44 bits per heavy atom. The van der Waals surface area contributed by atoms with Crippen LogP contribution in [0.25, 0.3) is 0 Å². The second kappa shape index (κ2) is 4.82. The minimum Gasteiger partial charge on any atom is -0.354 e. The van der Waals surface area contributed by atoms with Gasteiger partial charge in [0.25, 0.3) is 0 Å². The molecule has 1 aliphatic carbocycles. The van der Waals surface area contributed by atoms with Gasteiger partial charge in [-0.1, -0.05) is 13.8 Å². The van der Waals surface area contributed by atoms with Crippen LogP contribution in [0.1, 0.15) is 26.7 Å². The van der Waals surface area contributed by atoms with Crippen LogP contribution in [0.15, 0.2) is 0 Å². The SMILES string of the molecule is CC(C)CNC(=O)CN(C)C(=O)C1(N)CC1. The van der Waals surface area contributed by atoms with Gasteiger partial charge in [0.2, 0.25) is 11.8 Å². The first kappa shape index (κ1) is 13.0. The lowest BCUT2D eigenvalue weighted by Gasteiger charge is -2.20. The van der Waals surface area contributed by atoms with E-state index in [4.69, 9.17) is 5.73 Å². The molecule has 0 radical (unpaired) electrons. The zero-order valence-electron chi connectivity index (χ0n) is 10.2. The second-order valence-corrected chi connectivity index (χ2v) is 5.02. The molecule has 5 nitrogen and oxygen atoms in total. The van der Waals surface area contributed by atoms with Gasteiger partial charge >= 0.3 is 0 Å². The van der Waals surface area contributed by atoms with E-state index in [2.05, 4.69) is 5.32 Å². The van der Waals surface area contributed by atoms with Crippen molar-refractivity contribution in [2.75, 3.05) is 20.1 Å². The van der Waals surface area contributed by atoms with Gasteiger partial charge in [-0.2, -0.15) is 0 Å². The van der Waals surface area contributed by atoms with Crippen LogP contribution in [0.3, 0.4) is 0 Å². The Kier molecular flexibility index (Phi) is 3.91. The standard InChI is InChI=1S/C11H21N3O2/c1-8(2)6-13-9(15)7-14(3)10(16)11(12)4-5-11/h8H,4-7,12H2,1-3H3,(H,13,15). The number of nitrogens with zero attached hydrogens (tertiary/aromatic N) is 1. The van der Waals surface area contributed by atoms with Gasteiger partial charge < -0.3 is 16.0 Å². The lowest BCUT2D eigenvalue weighted by Crippen LogP contribution is -2.47. The molecular formula is C11H21N3O2. The predicted octanol–water partition coefficient (Wildman–Crippen LogP) is -0.292. The average Bonchev–Trinajstić information content (AvgIpc) is 2.93. The topological polar surface area (TPSA) is 75.4 Å². The smallest absolute Gasteiger partial charge is 0.242 e. The van der Waals surface area contributed by atoms with Crippen molar-refractivity contribution in [3.05, 3.63) is 0 Å². The summed E-state index contributed by atoms with van der Waals surface area (Å²) < 4.78 is 0. The van der Waals surface area contributed by atoms with Crippen LogP contribution in [0.4, 0.5) is 0 Å². The van der Waals surface area contributed by atoms with E-state index in [0.29, 0.717) is 12.5 Å². The molecule has 0 heterocycles. The zero-order chi connectivity index (χ0) is 12.3. The van der Waals surface area contributed by atoms with Gasteiger partial charge in [-0.15, -0.1) is 0 Å². The molecule has 1 saturated carbocycles. The Bertz CT molecular complexity index is 285. The van der Waals surface area contributed by atoms with Crippen molar-refractivity contribution in [3.63, 3.8) is 0 Å². The number of nitrogens with two attached hydrogens (primary N) is 1. The maximum atomic E-state index is 11.7. The number of carbonyl (C=O) groups excluding carboxylic acids is 2. The van der Waals surface area contributed by atoms with Gasteiger partial charge in [-0.25, -0.2) is 0 Å². The quantitative estimate of drug-likeness (QED) is 0.677. The molecule has 16 heavy (non-hydrogen) atoms. The molecule has 1 fully saturated rings. The fourth-order valence-electron chi connectivity index (χ4n) is 1.39. The van der Waals surface area contributed by atoms with Crippen LogP contribution in [0, 0.1) is 5.92 Å². The lowest BCUT2D eigenvalue weighted by molar-refractivity contribution is -0.136. The van der Waals surface area contributed by atoms with Crippen molar-refractivity contribution in [2.24, 2.45) is 11.7 Å². The second-order valence-electron chi connectivity index (χ2n) is 5.02. The van der Waals surface area contributed by atoms with E-state index in [1.54, 1.807) is 7.05 Å². The molecule has 0 aromatic carbocycles. The molecule has 0 bridgehead atoms. The van der Waals surface area contributed by atoms with Crippen LogP contribution in [0.2, 0.25) is 0 Å². The Morgan fingerprint density at radius 2 is 2.00 bits per heavy atom. The number of amides is 2. The normalized spacial score (nSPS) is 17.1. The summed E-state index contributed by atoms with van der Waals surface area (Å²) in [5.74, 6) is 0.148. The lowest BCUT2D eigenvalue weighted by atomic mass is 10.2. The van der Waals surface area contributed by atoms with Crippen molar-refractivity contribution in [2.45, 2.75) is 32.2 Å². The molecular weight excluding hydrogens is 206 g/mol. The highest BCUT2D eigenvalue weighted by Crippen LogP contribution is 2.33. The largest absolute Gasteiger partial charge is 0.354 e. The molecule has 0 atom stereocenters. The maximum absolute atomic E-state index is 11.7. The molecule has 2 amide bonds. The van der Waals surface area contributed by atoms with Gasteiger partial charge in [0, 0.05) is 13.6 Å². The highest BCUT2D eigenvalue weighted by molar-refractivity contribution is 5.92. The van der Waals surface area contributed by atoms with Gasteiger partial charge in [0.05, 0.1) is 12.1 Å². The maximum Gasteiger partial charge on any atom is 0.242 e. The van der Waals surface area contributed by atoms with Crippen molar-refractivity contribution >= 4 is 11.8 Å². The molecule has 0 spiro atoms. The van der Waals surface area contributed by atoms with E-state index in [1.165, 1.54) is 4.90 Å². The van der Waals surface area contributed by atoms with E-state index < -0.39 is 5.54 Å². The molecule has 0 aromatic heterocycles. The molecule has 5 heteroatoms. The van der Waals surface area contributed by atoms with E-state index >= 15 is 0 Å². The Hall–Kier alpha value is -1.10. The molecule has 92 valence electrons. The fourth-order valence-corrected chi connectivity index (χ4v) is 1.39. The Labute approximate surface area is 96.4 Å². The van der Waals surface area contributed by atoms with Crippen molar-refractivity contribution < 1.29 is 9.59 Å². The number of hydrogen-bond donors (Lipinski definition) is 2. The van der Waals surface area contributed by atoms with Gasteiger partial charge in [0.15, 0.2) is 0 Å². The predicted molar refractivity (Wildman–Crippen MR) is 61.6 cm³/mol. The monoisotopic (exact) mass is 227 g/mol. The molecule has 1 rings (SSSR count). The van der Waals surface area contributed by atoms with Crippen LogP contribution < -0.4 is 11.1 Å². The Morgan fingerprint density at radius 1 is 1.44 bits per heavy atom. The van der Waals surface area contributed by atoms with Crippen LogP contribution in [-0.2, 0) is 9.59 Å². The number of nitrogens with one attached hydrogen (secondary N) is 1. The van der Waals surface area contributed by atoms with E-state index in [-0.39, 0.29) is 18.4 Å². The van der Waals surface area contributed by atoms with Crippen LogP contribution in [0.5, 0.6) is 0 Å². The summed E-state index contributed by atoms with van der Waals surface area (Å²) in [5.41, 5.74) is 5.08. The average molecular weight is 227 g/mol. The van der Waals surface area contributed by atoms with Crippen molar-refractivity contribution in [1.29, 1.82) is 0 Å². The molecule has 1 aliphatic rings.